The van der Waals surface area contributed by atoms with Crippen molar-refractivity contribution in [1.82, 2.24) is 4.90 Å². The summed E-state index contributed by atoms with van der Waals surface area (Å²) in [6.07, 6.45) is 0.758. The van der Waals surface area contributed by atoms with Gasteiger partial charge >= 0.3 is 0 Å². The van der Waals surface area contributed by atoms with Crippen LogP contribution in [0.4, 0.5) is 0 Å². The van der Waals surface area contributed by atoms with Crippen LogP contribution in [0.1, 0.15) is 16.8 Å². The van der Waals surface area contributed by atoms with Crippen molar-refractivity contribution in [3.8, 4) is 11.5 Å². The zero-order valence-corrected chi connectivity index (χ0v) is 11.1. The molecule has 0 aromatic heterocycles. The van der Waals surface area contributed by atoms with E-state index in [9.17, 15) is 4.79 Å². The number of ether oxygens (including phenoxy) is 2. The van der Waals surface area contributed by atoms with Gasteiger partial charge in [-0.25, -0.2) is 0 Å². The first-order chi connectivity index (χ1) is 8.61. The Balaban J connectivity index is 2.32. The fraction of sp³-hybridized carbons (Fsp3) is 0.500. The van der Waals surface area contributed by atoms with Gasteiger partial charge in [0, 0.05) is 12.5 Å². The van der Waals surface area contributed by atoms with Gasteiger partial charge in [0.25, 0.3) is 0 Å². The first-order valence-corrected chi connectivity index (χ1v) is 6.11. The molecule has 0 aliphatic carbocycles. The third-order valence-corrected chi connectivity index (χ3v) is 3.13. The molecule has 0 fully saturated rings. The van der Waals surface area contributed by atoms with Crippen LogP contribution in [-0.4, -0.2) is 45.0 Å². The van der Waals surface area contributed by atoms with Crippen LogP contribution < -0.4 is 9.47 Å². The molecule has 1 aromatic carbocycles. The van der Waals surface area contributed by atoms with E-state index in [0.29, 0.717) is 23.7 Å². The minimum absolute atomic E-state index is 0.00615. The molecule has 1 atom stereocenters. The molecular formula is C14H19NO3. The van der Waals surface area contributed by atoms with Crippen LogP contribution in [0, 0.1) is 5.92 Å². The van der Waals surface area contributed by atoms with Crippen molar-refractivity contribution in [2.45, 2.75) is 6.42 Å². The van der Waals surface area contributed by atoms with Gasteiger partial charge in [-0.05, 0) is 38.7 Å². The molecule has 0 amide bonds. The summed E-state index contributed by atoms with van der Waals surface area (Å²) < 4.78 is 10.8. The Labute approximate surface area is 107 Å². The second kappa shape index (κ2) is 5.40. The van der Waals surface area contributed by atoms with Crippen molar-refractivity contribution in [3.05, 3.63) is 23.8 Å². The third kappa shape index (κ3) is 2.64. The highest BCUT2D eigenvalue weighted by Gasteiger charge is 2.27. The predicted octanol–water partition coefficient (Wildman–Crippen LogP) is 1.84. The van der Waals surface area contributed by atoms with Gasteiger partial charge in [0.2, 0.25) is 0 Å². The van der Waals surface area contributed by atoms with Crippen molar-refractivity contribution in [2.24, 2.45) is 5.92 Å². The number of Topliss-reactive ketones (excluding diaryl/α,β-unsaturated/α-hetero) is 1. The molecule has 1 heterocycles. The average molecular weight is 249 g/mol. The van der Waals surface area contributed by atoms with Crippen molar-refractivity contribution < 1.29 is 14.3 Å². The van der Waals surface area contributed by atoms with Crippen LogP contribution in [0.5, 0.6) is 11.5 Å². The molecular weight excluding hydrogens is 230 g/mol. The largest absolute Gasteiger partial charge is 0.497 e. The van der Waals surface area contributed by atoms with Crippen molar-refractivity contribution in [2.75, 3.05) is 34.4 Å². The first-order valence-electron chi connectivity index (χ1n) is 6.11. The van der Waals surface area contributed by atoms with Gasteiger partial charge in [-0.15, -0.1) is 0 Å². The highest BCUT2D eigenvalue weighted by molar-refractivity contribution is 6.01. The number of carbonyl (C=O) groups is 1. The first kappa shape index (κ1) is 12.9. The van der Waals surface area contributed by atoms with E-state index in [0.717, 1.165) is 13.0 Å². The van der Waals surface area contributed by atoms with E-state index in [1.165, 1.54) is 0 Å². The van der Waals surface area contributed by atoms with Gasteiger partial charge in [-0.1, -0.05) is 0 Å². The second-order valence-electron chi connectivity index (χ2n) is 4.82. The summed E-state index contributed by atoms with van der Waals surface area (Å²) in [4.78, 5) is 14.5. The second-order valence-corrected chi connectivity index (χ2v) is 4.82. The Hall–Kier alpha value is -1.55. The minimum atomic E-state index is -0.00615. The summed E-state index contributed by atoms with van der Waals surface area (Å²) in [6.45, 7) is 1.34. The molecule has 4 nitrogen and oxygen atoms in total. The van der Waals surface area contributed by atoms with E-state index in [1.54, 1.807) is 13.2 Å². The predicted molar refractivity (Wildman–Crippen MR) is 69.5 cm³/mol. The van der Waals surface area contributed by atoms with E-state index in [2.05, 4.69) is 0 Å². The van der Waals surface area contributed by atoms with E-state index < -0.39 is 0 Å². The number of hydrogen-bond acceptors (Lipinski definition) is 4. The summed E-state index contributed by atoms with van der Waals surface area (Å²) in [6, 6.07) is 5.40. The quantitative estimate of drug-likeness (QED) is 0.819. The molecule has 2 rings (SSSR count). The fourth-order valence-corrected chi connectivity index (χ4v) is 2.23. The molecule has 1 aliphatic heterocycles. The summed E-state index contributed by atoms with van der Waals surface area (Å²) in [5, 5.41) is 0. The summed E-state index contributed by atoms with van der Waals surface area (Å²) in [7, 11) is 5.55. The lowest BCUT2D eigenvalue weighted by Gasteiger charge is -2.17. The molecule has 0 saturated heterocycles. The maximum absolute atomic E-state index is 12.5. The topological polar surface area (TPSA) is 38.8 Å². The number of rotatable bonds is 3. The van der Waals surface area contributed by atoms with Crippen LogP contribution in [0.3, 0.4) is 0 Å². The maximum Gasteiger partial charge on any atom is 0.171 e. The highest BCUT2D eigenvalue weighted by Crippen LogP contribution is 2.30. The summed E-state index contributed by atoms with van der Waals surface area (Å²) >= 11 is 0. The SMILES string of the molecule is COc1ccc2c(c1)C(=O)C(CN(C)C)CCO2. The highest BCUT2D eigenvalue weighted by atomic mass is 16.5. The molecule has 18 heavy (non-hydrogen) atoms. The van der Waals surface area contributed by atoms with Gasteiger partial charge in [0.05, 0.1) is 19.3 Å². The Morgan fingerprint density at radius 2 is 2.22 bits per heavy atom. The van der Waals surface area contributed by atoms with E-state index in [1.807, 2.05) is 31.1 Å². The fourth-order valence-electron chi connectivity index (χ4n) is 2.23. The smallest absolute Gasteiger partial charge is 0.171 e. The summed E-state index contributed by atoms with van der Waals surface area (Å²) in [5.41, 5.74) is 0.638. The molecule has 1 unspecified atom stereocenters. The van der Waals surface area contributed by atoms with Gasteiger partial charge in [0.1, 0.15) is 11.5 Å². The van der Waals surface area contributed by atoms with Crippen molar-refractivity contribution >= 4 is 5.78 Å². The van der Waals surface area contributed by atoms with Crippen molar-refractivity contribution in [1.29, 1.82) is 0 Å². The third-order valence-electron chi connectivity index (χ3n) is 3.13. The zero-order chi connectivity index (χ0) is 13.1. The molecule has 4 heteroatoms. The lowest BCUT2D eigenvalue weighted by Crippen LogP contribution is -2.28. The molecule has 0 saturated carbocycles. The molecule has 0 N–H and O–H groups in total. The molecule has 1 aromatic rings. The van der Waals surface area contributed by atoms with Gasteiger partial charge in [-0.3, -0.25) is 4.79 Å². The Morgan fingerprint density at radius 3 is 2.89 bits per heavy atom. The minimum Gasteiger partial charge on any atom is -0.497 e. The van der Waals surface area contributed by atoms with Crippen LogP contribution in [0.2, 0.25) is 0 Å². The molecule has 0 spiro atoms. The van der Waals surface area contributed by atoms with Crippen LogP contribution >= 0.6 is 0 Å². The van der Waals surface area contributed by atoms with Crippen molar-refractivity contribution in [3.63, 3.8) is 0 Å². The molecule has 1 aliphatic rings. The zero-order valence-electron chi connectivity index (χ0n) is 11.1. The lowest BCUT2D eigenvalue weighted by atomic mass is 9.95. The molecule has 0 bridgehead atoms. The lowest BCUT2D eigenvalue weighted by molar-refractivity contribution is 0.0891. The number of carbonyl (C=O) groups excluding carboxylic acids is 1. The average Bonchev–Trinajstić information content (AvgIpc) is 2.49. The van der Waals surface area contributed by atoms with Crippen LogP contribution in [-0.2, 0) is 0 Å². The van der Waals surface area contributed by atoms with Crippen LogP contribution in [0.15, 0.2) is 18.2 Å². The van der Waals surface area contributed by atoms with Gasteiger partial charge < -0.3 is 14.4 Å². The van der Waals surface area contributed by atoms with Gasteiger partial charge in [0.15, 0.2) is 5.78 Å². The number of hydrogen-bond donors (Lipinski definition) is 0. The van der Waals surface area contributed by atoms with Gasteiger partial charge in [-0.2, -0.15) is 0 Å². The standard InChI is InChI=1S/C14H19NO3/c1-15(2)9-10-6-7-18-13-5-4-11(17-3)8-12(13)14(10)16/h4-5,8,10H,6-7,9H2,1-3H3. The van der Waals surface area contributed by atoms with E-state index in [-0.39, 0.29) is 11.7 Å². The summed E-state index contributed by atoms with van der Waals surface area (Å²) in [5.74, 6) is 1.50. The Bertz CT molecular complexity index is 443. The maximum atomic E-state index is 12.5. The van der Waals surface area contributed by atoms with Crippen LogP contribution in [0.25, 0.3) is 0 Å². The van der Waals surface area contributed by atoms with E-state index >= 15 is 0 Å². The monoisotopic (exact) mass is 249 g/mol. The Morgan fingerprint density at radius 1 is 1.44 bits per heavy atom. The number of nitrogens with zero attached hydrogens (tertiary/aromatic N) is 1. The number of methoxy groups -OCH3 is 1. The number of benzene rings is 1. The Kier molecular flexibility index (Phi) is 3.87. The number of fused-ring (bicyclic) bond motifs is 1. The molecule has 98 valence electrons. The normalized spacial score (nSPS) is 19.1. The molecule has 0 radical (unpaired) electrons. The van der Waals surface area contributed by atoms with E-state index in [4.69, 9.17) is 9.47 Å². The number of ketones is 1.